The van der Waals surface area contributed by atoms with E-state index in [0.717, 1.165) is 15.7 Å². The molecule has 1 aromatic heterocycles. The lowest BCUT2D eigenvalue weighted by Crippen LogP contribution is -2.27. The molecule has 3 rings (SSSR count). The SMILES string of the molecule is O=S(=O)(NCc1[nH]ncc1Br)C1CC1c1ccccc1. The maximum Gasteiger partial charge on any atom is 0.215 e. The molecular weight excluding hydrogens is 342 g/mol. The van der Waals surface area contributed by atoms with Crippen LogP contribution in [0.5, 0.6) is 0 Å². The van der Waals surface area contributed by atoms with Crippen LogP contribution >= 0.6 is 15.9 Å². The molecule has 1 saturated carbocycles. The van der Waals surface area contributed by atoms with Gasteiger partial charge in [0, 0.05) is 5.92 Å². The Morgan fingerprint density at radius 1 is 1.35 bits per heavy atom. The van der Waals surface area contributed by atoms with Crippen molar-refractivity contribution in [3.8, 4) is 0 Å². The highest BCUT2D eigenvalue weighted by molar-refractivity contribution is 9.10. The first kappa shape index (κ1) is 13.8. The van der Waals surface area contributed by atoms with E-state index in [9.17, 15) is 8.42 Å². The number of hydrogen-bond donors (Lipinski definition) is 2. The molecule has 1 aliphatic carbocycles. The van der Waals surface area contributed by atoms with Crippen LogP contribution in [0.1, 0.15) is 23.6 Å². The van der Waals surface area contributed by atoms with Crippen molar-refractivity contribution in [3.63, 3.8) is 0 Å². The van der Waals surface area contributed by atoms with E-state index < -0.39 is 10.0 Å². The van der Waals surface area contributed by atoms with Crippen LogP contribution in [0.15, 0.2) is 41.0 Å². The second-order valence-corrected chi connectivity index (χ2v) is 7.69. The molecule has 0 bridgehead atoms. The summed E-state index contributed by atoms with van der Waals surface area (Å²) in [5, 5.41) is 6.27. The fourth-order valence-corrected chi connectivity index (χ4v) is 4.21. The molecular formula is C13H14BrN3O2S. The number of hydrogen-bond acceptors (Lipinski definition) is 3. The molecule has 1 aliphatic rings. The van der Waals surface area contributed by atoms with E-state index in [1.54, 1.807) is 6.20 Å². The van der Waals surface area contributed by atoms with Gasteiger partial charge in [0.15, 0.2) is 0 Å². The molecule has 0 radical (unpaired) electrons. The second kappa shape index (κ2) is 5.31. The zero-order valence-electron chi connectivity index (χ0n) is 10.6. The zero-order valence-corrected chi connectivity index (χ0v) is 13.0. The molecule has 2 N–H and O–H groups in total. The predicted molar refractivity (Wildman–Crippen MR) is 79.6 cm³/mol. The maximum atomic E-state index is 12.2. The topological polar surface area (TPSA) is 74.8 Å². The summed E-state index contributed by atoms with van der Waals surface area (Å²) in [4.78, 5) is 0. The average Bonchev–Trinajstić information content (AvgIpc) is 3.16. The molecule has 0 saturated heterocycles. The molecule has 1 fully saturated rings. The monoisotopic (exact) mass is 355 g/mol. The fourth-order valence-electron chi connectivity index (χ4n) is 2.27. The Morgan fingerprint density at radius 3 is 2.75 bits per heavy atom. The Morgan fingerprint density at radius 2 is 2.10 bits per heavy atom. The number of nitrogens with one attached hydrogen (secondary N) is 2. The maximum absolute atomic E-state index is 12.2. The van der Waals surface area contributed by atoms with Crippen LogP contribution in [0.2, 0.25) is 0 Å². The van der Waals surface area contributed by atoms with Crippen molar-refractivity contribution in [1.29, 1.82) is 0 Å². The van der Waals surface area contributed by atoms with Gasteiger partial charge in [-0.05, 0) is 27.9 Å². The quantitative estimate of drug-likeness (QED) is 0.862. The number of halogens is 1. The van der Waals surface area contributed by atoms with Gasteiger partial charge in [-0.1, -0.05) is 30.3 Å². The third kappa shape index (κ3) is 2.79. The third-order valence-electron chi connectivity index (χ3n) is 3.47. The van der Waals surface area contributed by atoms with E-state index >= 15 is 0 Å². The summed E-state index contributed by atoms with van der Waals surface area (Å²) >= 11 is 3.31. The van der Waals surface area contributed by atoms with E-state index in [1.807, 2.05) is 30.3 Å². The van der Waals surface area contributed by atoms with E-state index in [0.29, 0.717) is 6.42 Å². The Bertz CT molecular complexity index is 699. The Hall–Kier alpha value is -1.18. The Labute approximate surface area is 126 Å². The average molecular weight is 356 g/mol. The Balaban J connectivity index is 1.64. The molecule has 2 atom stereocenters. The Kier molecular flexibility index (Phi) is 3.66. The lowest BCUT2D eigenvalue weighted by atomic mass is 10.1. The van der Waals surface area contributed by atoms with Crippen molar-refractivity contribution in [3.05, 3.63) is 52.3 Å². The van der Waals surface area contributed by atoms with Gasteiger partial charge in [-0.3, -0.25) is 5.10 Å². The second-order valence-electron chi connectivity index (χ2n) is 4.85. The largest absolute Gasteiger partial charge is 0.280 e. The lowest BCUT2D eigenvalue weighted by molar-refractivity contribution is 0.578. The number of rotatable bonds is 5. The van der Waals surface area contributed by atoms with Crippen LogP contribution in [0.4, 0.5) is 0 Å². The minimum Gasteiger partial charge on any atom is -0.280 e. The normalized spacial score (nSPS) is 21.9. The minimum atomic E-state index is -3.30. The summed E-state index contributed by atoms with van der Waals surface area (Å²) < 4.78 is 27.9. The molecule has 0 amide bonds. The van der Waals surface area contributed by atoms with Gasteiger partial charge in [0.05, 0.1) is 28.2 Å². The molecule has 106 valence electrons. The van der Waals surface area contributed by atoms with E-state index in [4.69, 9.17) is 0 Å². The zero-order chi connectivity index (χ0) is 14.2. The molecule has 20 heavy (non-hydrogen) atoms. The highest BCUT2D eigenvalue weighted by atomic mass is 79.9. The molecule has 2 unspecified atom stereocenters. The first-order valence-corrected chi connectivity index (χ1v) is 8.63. The first-order chi connectivity index (χ1) is 9.58. The predicted octanol–water partition coefficient (Wildman–Crippen LogP) is 2.15. The smallest absolute Gasteiger partial charge is 0.215 e. The van der Waals surface area contributed by atoms with Crippen LogP contribution in [-0.4, -0.2) is 23.9 Å². The molecule has 1 heterocycles. The number of sulfonamides is 1. The lowest BCUT2D eigenvalue weighted by Gasteiger charge is -2.05. The third-order valence-corrected chi connectivity index (χ3v) is 6.02. The van der Waals surface area contributed by atoms with E-state index in [2.05, 4.69) is 30.8 Å². The summed E-state index contributed by atoms with van der Waals surface area (Å²) in [6.07, 6.45) is 2.29. The number of nitrogens with zero attached hydrogens (tertiary/aromatic N) is 1. The van der Waals surface area contributed by atoms with Crippen molar-refractivity contribution in [2.75, 3.05) is 0 Å². The van der Waals surface area contributed by atoms with Crippen LogP contribution in [0.3, 0.4) is 0 Å². The number of aromatic amines is 1. The van der Waals surface area contributed by atoms with Gasteiger partial charge >= 0.3 is 0 Å². The van der Waals surface area contributed by atoms with E-state index in [1.165, 1.54) is 0 Å². The first-order valence-electron chi connectivity index (χ1n) is 6.29. The van der Waals surface area contributed by atoms with Crippen molar-refractivity contribution in [1.82, 2.24) is 14.9 Å². The number of H-pyrrole nitrogens is 1. The van der Waals surface area contributed by atoms with Gasteiger partial charge in [0.2, 0.25) is 10.0 Å². The molecule has 0 spiro atoms. The van der Waals surface area contributed by atoms with Crippen molar-refractivity contribution < 1.29 is 8.42 Å². The van der Waals surface area contributed by atoms with Gasteiger partial charge in [-0.25, -0.2) is 13.1 Å². The summed E-state index contributed by atoms with van der Waals surface area (Å²) in [5.41, 5.74) is 1.82. The number of benzene rings is 1. The van der Waals surface area contributed by atoms with Crippen LogP contribution in [0, 0.1) is 0 Å². The van der Waals surface area contributed by atoms with Gasteiger partial charge in [-0.15, -0.1) is 0 Å². The van der Waals surface area contributed by atoms with Gasteiger partial charge in [-0.2, -0.15) is 5.10 Å². The summed E-state index contributed by atoms with van der Waals surface area (Å²) in [6.45, 7) is 0.223. The molecule has 0 aliphatic heterocycles. The summed E-state index contributed by atoms with van der Waals surface area (Å²) in [6, 6.07) is 9.76. The van der Waals surface area contributed by atoms with Crippen LogP contribution < -0.4 is 4.72 Å². The van der Waals surface area contributed by atoms with Crippen molar-refractivity contribution in [2.24, 2.45) is 0 Å². The number of aromatic nitrogens is 2. The highest BCUT2D eigenvalue weighted by Crippen LogP contribution is 2.45. The van der Waals surface area contributed by atoms with Crippen LogP contribution in [-0.2, 0) is 16.6 Å². The highest BCUT2D eigenvalue weighted by Gasteiger charge is 2.47. The molecule has 1 aromatic carbocycles. The molecule has 2 aromatic rings. The van der Waals surface area contributed by atoms with Gasteiger partial charge in [0.1, 0.15) is 0 Å². The van der Waals surface area contributed by atoms with Crippen molar-refractivity contribution >= 4 is 26.0 Å². The van der Waals surface area contributed by atoms with Gasteiger partial charge in [0.25, 0.3) is 0 Å². The summed E-state index contributed by atoms with van der Waals surface area (Å²) in [5.74, 6) is 0.110. The standard InChI is InChI=1S/C13H14BrN3O2S/c14-11-7-15-17-12(11)8-16-20(18,19)13-6-10(13)9-4-2-1-3-5-9/h1-5,7,10,13,16H,6,8H2,(H,15,17). The van der Waals surface area contributed by atoms with Crippen LogP contribution in [0.25, 0.3) is 0 Å². The summed E-state index contributed by atoms with van der Waals surface area (Å²) in [7, 11) is -3.30. The van der Waals surface area contributed by atoms with Crippen molar-refractivity contribution in [2.45, 2.75) is 24.1 Å². The van der Waals surface area contributed by atoms with Gasteiger partial charge < -0.3 is 0 Å². The van der Waals surface area contributed by atoms with E-state index in [-0.39, 0.29) is 17.7 Å². The fraction of sp³-hybridized carbons (Fsp3) is 0.308. The molecule has 7 heteroatoms. The molecule has 5 nitrogen and oxygen atoms in total. The minimum absolute atomic E-state index is 0.110.